The zero-order valence-corrected chi connectivity index (χ0v) is 15.6. The molecule has 3 heterocycles. The van der Waals surface area contributed by atoms with Crippen molar-refractivity contribution < 1.29 is 9.53 Å². The van der Waals surface area contributed by atoms with Crippen LogP contribution in [0.3, 0.4) is 0 Å². The van der Waals surface area contributed by atoms with Gasteiger partial charge in [0.05, 0.1) is 0 Å². The second-order valence-corrected chi connectivity index (χ2v) is 7.39. The molecule has 0 unspecified atom stereocenters. The Labute approximate surface area is 163 Å². The molecular weight excluding hydrogens is 352 g/mol. The first kappa shape index (κ1) is 17.0. The number of fused-ring (bicyclic) bond motifs is 2. The van der Waals surface area contributed by atoms with Gasteiger partial charge in [0.1, 0.15) is 11.6 Å². The Bertz CT molecular complexity index is 1000. The maximum Gasteiger partial charge on any atom is 0.265 e. The van der Waals surface area contributed by atoms with E-state index in [1.165, 1.54) is 6.42 Å². The third kappa shape index (κ3) is 3.15. The largest absolute Gasteiger partial charge is 0.480 e. The van der Waals surface area contributed by atoms with E-state index in [0.717, 1.165) is 60.0 Å². The lowest BCUT2D eigenvalue weighted by Crippen LogP contribution is -2.31. The summed E-state index contributed by atoms with van der Waals surface area (Å²) in [6, 6.07) is 15.6. The highest BCUT2D eigenvalue weighted by atomic mass is 16.5. The number of nitrogens with zero attached hydrogens (tertiary/aromatic N) is 3. The zero-order valence-electron chi connectivity index (χ0n) is 15.6. The molecule has 142 valence electrons. The standard InChI is InChI=1S/C22H22N4O2/c27-22(19-14-15-7-3-4-10-18(15)28-19)23-17-9-6-8-16(13-17)21-25-24-20-11-2-1-5-12-26(20)21/h3-4,6-10,13,19H,1-2,5,11-12,14H2,(H,23,27)/t19-/m1/s1. The van der Waals surface area contributed by atoms with Crippen molar-refractivity contribution in [2.75, 3.05) is 5.32 Å². The van der Waals surface area contributed by atoms with Crippen LogP contribution in [0.15, 0.2) is 48.5 Å². The second-order valence-electron chi connectivity index (χ2n) is 7.39. The topological polar surface area (TPSA) is 69.0 Å². The molecule has 1 amide bonds. The van der Waals surface area contributed by atoms with Gasteiger partial charge in [-0.15, -0.1) is 10.2 Å². The minimum Gasteiger partial charge on any atom is -0.480 e. The summed E-state index contributed by atoms with van der Waals surface area (Å²) in [5, 5.41) is 11.8. The highest BCUT2D eigenvalue weighted by Crippen LogP contribution is 2.29. The lowest BCUT2D eigenvalue weighted by Gasteiger charge is -2.12. The van der Waals surface area contributed by atoms with Crippen LogP contribution in [0.5, 0.6) is 5.75 Å². The van der Waals surface area contributed by atoms with Crippen LogP contribution in [-0.2, 0) is 24.2 Å². The lowest BCUT2D eigenvalue weighted by atomic mass is 10.1. The van der Waals surface area contributed by atoms with Gasteiger partial charge in [-0.05, 0) is 36.6 Å². The van der Waals surface area contributed by atoms with Crippen molar-refractivity contribution in [3.63, 3.8) is 0 Å². The number of ether oxygens (including phenoxy) is 1. The second kappa shape index (κ2) is 7.11. The van der Waals surface area contributed by atoms with Crippen LogP contribution >= 0.6 is 0 Å². The monoisotopic (exact) mass is 374 g/mol. The van der Waals surface area contributed by atoms with E-state index in [4.69, 9.17) is 4.74 Å². The molecule has 28 heavy (non-hydrogen) atoms. The smallest absolute Gasteiger partial charge is 0.265 e. The van der Waals surface area contributed by atoms with Crippen LogP contribution in [0.1, 0.15) is 30.7 Å². The van der Waals surface area contributed by atoms with Crippen LogP contribution < -0.4 is 10.1 Å². The van der Waals surface area contributed by atoms with Gasteiger partial charge in [0.15, 0.2) is 11.9 Å². The molecule has 3 aromatic rings. The van der Waals surface area contributed by atoms with Gasteiger partial charge in [0, 0.05) is 30.6 Å². The van der Waals surface area contributed by atoms with Gasteiger partial charge in [-0.3, -0.25) is 4.79 Å². The highest BCUT2D eigenvalue weighted by molar-refractivity contribution is 5.95. The van der Waals surface area contributed by atoms with E-state index in [1.54, 1.807) is 0 Å². The van der Waals surface area contributed by atoms with Crippen molar-refractivity contribution in [2.45, 2.75) is 44.8 Å². The first-order valence-corrected chi connectivity index (χ1v) is 9.86. The van der Waals surface area contributed by atoms with Crippen LogP contribution in [0.2, 0.25) is 0 Å². The number of para-hydroxylation sites is 1. The summed E-state index contributed by atoms with van der Waals surface area (Å²) < 4.78 is 8.01. The quantitative estimate of drug-likeness (QED) is 0.760. The van der Waals surface area contributed by atoms with E-state index in [1.807, 2.05) is 48.5 Å². The molecule has 6 nitrogen and oxygen atoms in total. The van der Waals surface area contributed by atoms with E-state index < -0.39 is 6.10 Å². The molecule has 5 rings (SSSR count). The first-order chi connectivity index (χ1) is 13.8. The molecule has 2 aromatic carbocycles. The van der Waals surface area contributed by atoms with E-state index >= 15 is 0 Å². The van der Waals surface area contributed by atoms with Crippen molar-refractivity contribution in [2.24, 2.45) is 0 Å². The molecule has 0 saturated carbocycles. The number of aromatic nitrogens is 3. The summed E-state index contributed by atoms with van der Waals surface area (Å²) >= 11 is 0. The van der Waals surface area contributed by atoms with Crippen LogP contribution in [-0.4, -0.2) is 26.8 Å². The fourth-order valence-electron chi connectivity index (χ4n) is 3.99. The van der Waals surface area contributed by atoms with Gasteiger partial charge in [-0.1, -0.05) is 36.8 Å². The summed E-state index contributed by atoms with van der Waals surface area (Å²) in [5.41, 5.74) is 2.78. The van der Waals surface area contributed by atoms with Crippen molar-refractivity contribution >= 4 is 11.6 Å². The average Bonchev–Trinajstić information content (AvgIpc) is 3.26. The molecule has 0 bridgehead atoms. The van der Waals surface area contributed by atoms with Crippen molar-refractivity contribution in [1.82, 2.24) is 14.8 Å². The van der Waals surface area contributed by atoms with Crippen molar-refractivity contribution in [3.8, 4) is 17.1 Å². The summed E-state index contributed by atoms with van der Waals surface area (Å²) in [7, 11) is 0. The lowest BCUT2D eigenvalue weighted by molar-refractivity contribution is -0.122. The minimum atomic E-state index is -0.495. The van der Waals surface area contributed by atoms with Crippen molar-refractivity contribution in [1.29, 1.82) is 0 Å². The van der Waals surface area contributed by atoms with E-state index in [-0.39, 0.29) is 5.91 Å². The van der Waals surface area contributed by atoms with Gasteiger partial charge in [-0.2, -0.15) is 0 Å². The summed E-state index contributed by atoms with van der Waals surface area (Å²) in [6.07, 6.45) is 4.61. The SMILES string of the molecule is O=C(Nc1cccc(-c2nnc3n2CCCCC3)c1)[C@H]1Cc2ccccc2O1. The fourth-order valence-corrected chi connectivity index (χ4v) is 3.99. The predicted octanol–water partition coefficient (Wildman–Crippen LogP) is 3.61. The van der Waals surface area contributed by atoms with E-state index in [9.17, 15) is 4.79 Å². The molecule has 1 atom stereocenters. The Morgan fingerprint density at radius 1 is 1.07 bits per heavy atom. The number of nitrogens with one attached hydrogen (secondary N) is 1. The Hall–Kier alpha value is -3.15. The maximum absolute atomic E-state index is 12.7. The number of carbonyl (C=O) groups excluding carboxylic acids is 1. The molecule has 0 radical (unpaired) electrons. The molecule has 0 aliphatic carbocycles. The number of amides is 1. The van der Waals surface area contributed by atoms with Crippen LogP contribution in [0.4, 0.5) is 5.69 Å². The summed E-state index contributed by atoms with van der Waals surface area (Å²) in [6.45, 7) is 0.947. The Morgan fingerprint density at radius 2 is 2.00 bits per heavy atom. The average molecular weight is 374 g/mol. The van der Waals surface area contributed by atoms with Crippen molar-refractivity contribution in [3.05, 3.63) is 59.9 Å². The number of anilines is 1. The molecule has 0 saturated heterocycles. The molecule has 1 N–H and O–H groups in total. The van der Waals surface area contributed by atoms with E-state index in [2.05, 4.69) is 20.1 Å². The van der Waals surface area contributed by atoms with Gasteiger partial charge < -0.3 is 14.6 Å². The van der Waals surface area contributed by atoms with Crippen LogP contribution in [0, 0.1) is 0 Å². The zero-order chi connectivity index (χ0) is 18.9. The third-order valence-electron chi connectivity index (χ3n) is 5.44. The minimum absolute atomic E-state index is 0.131. The van der Waals surface area contributed by atoms with Gasteiger partial charge in [-0.25, -0.2) is 0 Å². The number of benzene rings is 2. The molecule has 2 aliphatic rings. The van der Waals surface area contributed by atoms with Gasteiger partial charge >= 0.3 is 0 Å². The predicted molar refractivity (Wildman–Crippen MR) is 106 cm³/mol. The molecule has 1 aromatic heterocycles. The number of hydrogen-bond acceptors (Lipinski definition) is 4. The number of rotatable bonds is 3. The Kier molecular flexibility index (Phi) is 4.31. The maximum atomic E-state index is 12.7. The fraction of sp³-hybridized carbons (Fsp3) is 0.318. The molecular formula is C22H22N4O2. The molecule has 6 heteroatoms. The summed E-state index contributed by atoms with van der Waals surface area (Å²) in [5.74, 6) is 2.59. The Balaban J connectivity index is 1.34. The first-order valence-electron chi connectivity index (χ1n) is 9.86. The third-order valence-corrected chi connectivity index (χ3v) is 5.44. The van der Waals surface area contributed by atoms with Gasteiger partial charge in [0.2, 0.25) is 0 Å². The summed E-state index contributed by atoms with van der Waals surface area (Å²) in [4.78, 5) is 12.7. The highest BCUT2D eigenvalue weighted by Gasteiger charge is 2.28. The number of carbonyl (C=O) groups is 1. The Morgan fingerprint density at radius 3 is 2.93 bits per heavy atom. The molecule has 0 spiro atoms. The number of hydrogen-bond donors (Lipinski definition) is 1. The van der Waals surface area contributed by atoms with Crippen LogP contribution in [0.25, 0.3) is 11.4 Å². The molecule has 0 fully saturated rings. The molecule has 2 aliphatic heterocycles. The normalized spacial score (nSPS) is 17.9. The van der Waals surface area contributed by atoms with E-state index in [0.29, 0.717) is 6.42 Å². The number of aryl methyl sites for hydroxylation is 1. The van der Waals surface area contributed by atoms with Gasteiger partial charge in [0.25, 0.3) is 5.91 Å².